The first-order valence-electron chi connectivity index (χ1n) is 6.55. The average Bonchev–Trinajstić information content (AvgIpc) is 2.58. The summed E-state index contributed by atoms with van der Waals surface area (Å²) in [6.07, 6.45) is 4.53. The Hall–Kier alpha value is -2.07. The molecule has 0 radical (unpaired) electrons. The van der Waals surface area contributed by atoms with Crippen LogP contribution in [0.5, 0.6) is 0 Å². The maximum atomic E-state index is 6.18. The van der Waals surface area contributed by atoms with Crippen LogP contribution in [0.15, 0.2) is 30.6 Å². The second-order valence-electron chi connectivity index (χ2n) is 4.66. The Kier molecular flexibility index (Phi) is 3.32. The molecule has 0 saturated carbocycles. The minimum absolute atomic E-state index is 0.412. The van der Waals surface area contributed by atoms with Crippen LogP contribution >= 0.6 is 11.6 Å². The predicted octanol–water partition coefficient (Wildman–Crippen LogP) is 4.36. The van der Waals surface area contributed by atoms with Crippen LogP contribution in [0.1, 0.15) is 24.5 Å². The average molecular weight is 287 g/mol. The van der Waals surface area contributed by atoms with E-state index in [0.29, 0.717) is 16.7 Å². The molecule has 2 heterocycles. The van der Waals surface area contributed by atoms with Gasteiger partial charge in [0.1, 0.15) is 12.0 Å². The quantitative estimate of drug-likeness (QED) is 0.765. The lowest BCUT2D eigenvalue weighted by Crippen LogP contribution is -2.01. The van der Waals surface area contributed by atoms with Crippen molar-refractivity contribution in [3.8, 4) is 0 Å². The van der Waals surface area contributed by atoms with E-state index in [0.717, 1.165) is 23.4 Å². The minimum Gasteiger partial charge on any atom is -0.350 e. The summed E-state index contributed by atoms with van der Waals surface area (Å²) in [6.45, 7) is 4.20. The van der Waals surface area contributed by atoms with E-state index >= 15 is 0 Å². The van der Waals surface area contributed by atoms with Crippen LogP contribution in [0.3, 0.4) is 0 Å². The number of hydrogen-bond acceptors (Lipinski definition) is 4. The second-order valence-corrected chi connectivity index (χ2v) is 5.02. The van der Waals surface area contributed by atoms with Crippen LogP contribution in [0.2, 0.25) is 5.15 Å². The van der Waals surface area contributed by atoms with Gasteiger partial charge in [0.2, 0.25) is 0 Å². The molecule has 1 aromatic heterocycles. The zero-order valence-electron chi connectivity index (χ0n) is 11.4. The summed E-state index contributed by atoms with van der Waals surface area (Å²) in [5, 5.41) is 7.11. The molecule has 0 saturated heterocycles. The second kappa shape index (κ2) is 5.13. The third kappa shape index (κ3) is 2.12. The molecule has 2 N–H and O–H groups in total. The summed E-state index contributed by atoms with van der Waals surface area (Å²) in [7, 11) is 0. The maximum absolute atomic E-state index is 6.18. The number of hydrogen-bond donors (Lipinski definition) is 2. The number of aryl methyl sites for hydroxylation is 1. The van der Waals surface area contributed by atoms with Gasteiger partial charge in [-0.1, -0.05) is 36.7 Å². The van der Waals surface area contributed by atoms with E-state index in [1.807, 2.05) is 12.1 Å². The Morgan fingerprint density at radius 2 is 2.10 bits per heavy atom. The highest BCUT2D eigenvalue weighted by atomic mass is 35.5. The van der Waals surface area contributed by atoms with Crippen molar-refractivity contribution in [3.05, 3.63) is 46.9 Å². The van der Waals surface area contributed by atoms with E-state index in [1.54, 1.807) is 0 Å². The third-order valence-corrected chi connectivity index (χ3v) is 3.55. The van der Waals surface area contributed by atoms with Gasteiger partial charge in [0, 0.05) is 16.9 Å². The van der Waals surface area contributed by atoms with E-state index in [2.05, 4.69) is 46.6 Å². The lowest BCUT2D eigenvalue weighted by atomic mass is 10.0. The summed E-state index contributed by atoms with van der Waals surface area (Å²) in [5.74, 6) is 0.691. The number of nitrogens with zero attached hydrogens (tertiary/aromatic N) is 2. The van der Waals surface area contributed by atoms with Gasteiger partial charge >= 0.3 is 0 Å². The van der Waals surface area contributed by atoms with Crippen LogP contribution < -0.4 is 10.6 Å². The Balaban J connectivity index is 2.24. The van der Waals surface area contributed by atoms with E-state index in [9.17, 15) is 0 Å². The standard InChI is InChI=1S/C15H15ClN4/c1-3-5-10-12-9(2)6-4-7-11(12)20-15-13(19-10)14(16)17-8-18-15/h4-8,19H,3H2,1-2H3,(H,17,18,20). The number of benzene rings is 1. The van der Waals surface area contributed by atoms with Gasteiger partial charge in [0.05, 0.1) is 0 Å². The van der Waals surface area contributed by atoms with Crippen molar-refractivity contribution in [2.45, 2.75) is 20.3 Å². The van der Waals surface area contributed by atoms with Crippen LogP contribution in [0.4, 0.5) is 17.2 Å². The number of allylic oxidation sites excluding steroid dienone is 1. The van der Waals surface area contributed by atoms with Crippen molar-refractivity contribution in [2.24, 2.45) is 0 Å². The fourth-order valence-corrected chi connectivity index (χ4v) is 2.56. The van der Waals surface area contributed by atoms with Gasteiger partial charge in [-0.3, -0.25) is 0 Å². The highest BCUT2D eigenvalue weighted by Crippen LogP contribution is 2.39. The monoisotopic (exact) mass is 286 g/mol. The molecule has 0 fully saturated rings. The summed E-state index contributed by atoms with van der Waals surface area (Å²) in [4.78, 5) is 8.31. The largest absolute Gasteiger partial charge is 0.350 e. The molecule has 0 aliphatic carbocycles. The SMILES string of the molecule is CCC=C1Nc2c(Cl)ncnc2Nc2cccc(C)c21. The van der Waals surface area contributed by atoms with Crippen LogP contribution in [-0.2, 0) is 0 Å². The van der Waals surface area contributed by atoms with Crippen molar-refractivity contribution in [3.63, 3.8) is 0 Å². The van der Waals surface area contributed by atoms with Crippen molar-refractivity contribution in [2.75, 3.05) is 10.6 Å². The normalized spacial score (nSPS) is 14.8. The van der Waals surface area contributed by atoms with Gasteiger partial charge in [-0.2, -0.15) is 0 Å². The molecule has 0 bridgehead atoms. The molecule has 0 unspecified atom stereocenters. The molecule has 4 nitrogen and oxygen atoms in total. The number of halogens is 1. The van der Waals surface area contributed by atoms with Crippen LogP contribution in [0, 0.1) is 6.92 Å². The fourth-order valence-electron chi connectivity index (χ4n) is 2.38. The molecule has 5 heteroatoms. The van der Waals surface area contributed by atoms with E-state index in [4.69, 9.17) is 11.6 Å². The lowest BCUT2D eigenvalue weighted by molar-refractivity contribution is 1.17. The smallest absolute Gasteiger partial charge is 0.159 e. The highest BCUT2D eigenvalue weighted by molar-refractivity contribution is 6.33. The van der Waals surface area contributed by atoms with Gasteiger partial charge in [-0.05, 0) is 25.0 Å². The Morgan fingerprint density at radius 1 is 1.25 bits per heavy atom. The summed E-state index contributed by atoms with van der Waals surface area (Å²) < 4.78 is 0. The van der Waals surface area contributed by atoms with Crippen LogP contribution in [-0.4, -0.2) is 9.97 Å². The molecule has 0 atom stereocenters. The number of rotatable bonds is 1. The molecule has 1 aliphatic rings. The summed E-state index contributed by atoms with van der Waals surface area (Å²) in [6, 6.07) is 6.16. The molecule has 0 amide bonds. The molecule has 2 aromatic rings. The van der Waals surface area contributed by atoms with Crippen molar-refractivity contribution < 1.29 is 0 Å². The maximum Gasteiger partial charge on any atom is 0.159 e. The first kappa shape index (κ1) is 12.9. The molecule has 20 heavy (non-hydrogen) atoms. The Bertz CT molecular complexity index is 694. The minimum atomic E-state index is 0.412. The van der Waals surface area contributed by atoms with Gasteiger partial charge < -0.3 is 10.6 Å². The molecule has 102 valence electrons. The zero-order valence-corrected chi connectivity index (χ0v) is 12.1. The van der Waals surface area contributed by atoms with Crippen molar-refractivity contribution >= 4 is 34.5 Å². The van der Waals surface area contributed by atoms with Gasteiger partial charge in [-0.15, -0.1) is 0 Å². The van der Waals surface area contributed by atoms with Crippen molar-refractivity contribution in [1.82, 2.24) is 9.97 Å². The molecular formula is C15H15ClN4. The van der Waals surface area contributed by atoms with Gasteiger partial charge in [0.15, 0.2) is 11.0 Å². The van der Waals surface area contributed by atoms with Gasteiger partial charge in [-0.25, -0.2) is 9.97 Å². The zero-order chi connectivity index (χ0) is 14.1. The summed E-state index contributed by atoms with van der Waals surface area (Å²) in [5.41, 5.74) is 5.10. The lowest BCUT2D eigenvalue weighted by Gasteiger charge is -2.13. The molecule has 1 aliphatic heterocycles. The predicted molar refractivity (Wildman–Crippen MR) is 83.4 cm³/mol. The van der Waals surface area contributed by atoms with Crippen molar-refractivity contribution in [1.29, 1.82) is 0 Å². The van der Waals surface area contributed by atoms with Crippen LogP contribution in [0.25, 0.3) is 5.70 Å². The molecular weight excluding hydrogens is 272 g/mol. The van der Waals surface area contributed by atoms with E-state index < -0.39 is 0 Å². The van der Waals surface area contributed by atoms with Gasteiger partial charge in [0.25, 0.3) is 0 Å². The topological polar surface area (TPSA) is 49.8 Å². The Labute approximate surface area is 122 Å². The van der Waals surface area contributed by atoms with E-state index in [-0.39, 0.29) is 0 Å². The summed E-state index contributed by atoms with van der Waals surface area (Å²) >= 11 is 6.18. The molecule has 1 aromatic carbocycles. The Morgan fingerprint density at radius 3 is 2.90 bits per heavy atom. The highest BCUT2D eigenvalue weighted by Gasteiger charge is 2.20. The first-order chi connectivity index (χ1) is 9.70. The first-order valence-corrected chi connectivity index (χ1v) is 6.93. The fraction of sp³-hybridized carbons (Fsp3) is 0.200. The molecule has 0 spiro atoms. The third-order valence-electron chi connectivity index (χ3n) is 3.26. The molecule has 3 rings (SSSR count). The van der Waals surface area contributed by atoms with E-state index in [1.165, 1.54) is 11.9 Å². The number of anilines is 3. The number of fused-ring (bicyclic) bond motifs is 2. The number of aromatic nitrogens is 2. The number of nitrogens with one attached hydrogen (secondary N) is 2.